The van der Waals surface area contributed by atoms with Gasteiger partial charge in [-0.15, -0.1) is 0 Å². The Morgan fingerprint density at radius 2 is 2.03 bits per heavy atom. The third-order valence-electron chi connectivity index (χ3n) is 6.27. The van der Waals surface area contributed by atoms with Crippen molar-refractivity contribution < 1.29 is 9.53 Å². The van der Waals surface area contributed by atoms with Crippen molar-refractivity contribution in [2.24, 2.45) is 0 Å². The number of nitrogens with two attached hydrogens (primary N) is 1. The molecular formula is C24H35N7O2. The van der Waals surface area contributed by atoms with Gasteiger partial charge in [-0.1, -0.05) is 37.6 Å². The number of nitrogens with one attached hydrogen (secondary N) is 1. The van der Waals surface area contributed by atoms with Crippen molar-refractivity contribution in [1.82, 2.24) is 19.8 Å². The second kappa shape index (κ2) is 10.4. The largest absolute Gasteiger partial charge is 0.463 e. The molecule has 1 aromatic heterocycles. The summed E-state index contributed by atoms with van der Waals surface area (Å²) in [5.41, 5.74) is 8.99. The molecule has 9 nitrogen and oxygen atoms in total. The molecule has 2 aliphatic rings. The number of likely N-dealkylation sites (tertiary alicyclic amines) is 1. The van der Waals surface area contributed by atoms with Crippen molar-refractivity contribution in [1.29, 1.82) is 0 Å². The summed E-state index contributed by atoms with van der Waals surface area (Å²) in [5, 5.41) is 2.81. The maximum Gasteiger partial charge on any atom is 0.320 e. The number of carbonyl (C=O) groups excluding carboxylic acids is 1. The number of ether oxygens (including phenoxy) is 1. The average Bonchev–Trinajstić information content (AvgIpc) is 3.24. The molecule has 2 aliphatic heterocycles. The number of hydrogen-bond donors (Lipinski definition) is 2. The Kier molecular flexibility index (Phi) is 7.29. The van der Waals surface area contributed by atoms with Crippen molar-refractivity contribution >= 4 is 23.2 Å². The number of nitrogens with zero attached hydrogens (tertiary/aromatic N) is 5. The van der Waals surface area contributed by atoms with Crippen molar-refractivity contribution in [2.45, 2.75) is 45.3 Å². The molecule has 0 aliphatic carbocycles. The molecule has 0 radical (unpaired) electrons. The van der Waals surface area contributed by atoms with E-state index in [1.807, 2.05) is 4.90 Å². The SMILES string of the molecule is CCCCOc1nc(N)c2c(n1)N(Cc1cccc(CN3CC[C@@H](N(C)C)C3)c1)CC(=O)N2. The predicted octanol–water partition coefficient (Wildman–Crippen LogP) is 2.33. The van der Waals surface area contributed by atoms with E-state index in [0.717, 1.165) is 38.0 Å². The fraction of sp³-hybridized carbons (Fsp3) is 0.542. The number of rotatable bonds is 9. The van der Waals surface area contributed by atoms with Crippen LogP contribution in [0.5, 0.6) is 6.01 Å². The third-order valence-corrected chi connectivity index (χ3v) is 6.27. The van der Waals surface area contributed by atoms with Crippen LogP contribution in [0.2, 0.25) is 0 Å². The van der Waals surface area contributed by atoms with Crippen LogP contribution in [0.25, 0.3) is 0 Å². The molecule has 3 heterocycles. The first-order chi connectivity index (χ1) is 15.9. The first kappa shape index (κ1) is 23.3. The summed E-state index contributed by atoms with van der Waals surface area (Å²) in [6, 6.07) is 9.44. The van der Waals surface area contributed by atoms with E-state index in [0.29, 0.717) is 30.7 Å². The van der Waals surface area contributed by atoms with E-state index in [1.54, 1.807) is 0 Å². The number of hydrogen-bond acceptors (Lipinski definition) is 8. The normalized spacial score (nSPS) is 18.5. The van der Waals surface area contributed by atoms with Gasteiger partial charge in [0.1, 0.15) is 5.69 Å². The summed E-state index contributed by atoms with van der Waals surface area (Å²) in [4.78, 5) is 27.9. The van der Waals surface area contributed by atoms with Gasteiger partial charge < -0.3 is 25.6 Å². The van der Waals surface area contributed by atoms with E-state index in [9.17, 15) is 4.79 Å². The fourth-order valence-electron chi connectivity index (χ4n) is 4.41. The zero-order valence-electron chi connectivity index (χ0n) is 19.9. The Morgan fingerprint density at radius 1 is 1.24 bits per heavy atom. The molecule has 1 aromatic carbocycles. The molecule has 9 heteroatoms. The zero-order valence-corrected chi connectivity index (χ0v) is 19.9. The van der Waals surface area contributed by atoms with Gasteiger partial charge in [-0.3, -0.25) is 9.69 Å². The van der Waals surface area contributed by atoms with Gasteiger partial charge in [-0.2, -0.15) is 9.97 Å². The second-order valence-corrected chi connectivity index (χ2v) is 9.16. The number of unbranched alkanes of at least 4 members (excludes halogenated alkanes) is 1. The van der Waals surface area contributed by atoms with Gasteiger partial charge in [0.15, 0.2) is 11.6 Å². The molecular weight excluding hydrogens is 418 g/mol. The van der Waals surface area contributed by atoms with Gasteiger partial charge in [-0.25, -0.2) is 0 Å². The van der Waals surface area contributed by atoms with Gasteiger partial charge in [0, 0.05) is 32.2 Å². The number of anilines is 3. The summed E-state index contributed by atoms with van der Waals surface area (Å²) in [7, 11) is 4.30. The van der Waals surface area contributed by atoms with Crippen LogP contribution in [0.15, 0.2) is 24.3 Å². The maximum atomic E-state index is 12.4. The summed E-state index contributed by atoms with van der Waals surface area (Å²) >= 11 is 0. The van der Waals surface area contributed by atoms with Crippen LogP contribution < -0.4 is 20.7 Å². The Morgan fingerprint density at radius 3 is 2.76 bits per heavy atom. The van der Waals surface area contributed by atoms with Crippen molar-refractivity contribution in [3.05, 3.63) is 35.4 Å². The van der Waals surface area contributed by atoms with E-state index in [4.69, 9.17) is 10.5 Å². The molecule has 3 N–H and O–H groups in total. The lowest BCUT2D eigenvalue weighted by Crippen LogP contribution is -2.39. The van der Waals surface area contributed by atoms with Crippen molar-refractivity contribution in [2.75, 3.05) is 56.3 Å². The van der Waals surface area contributed by atoms with Crippen molar-refractivity contribution in [3.8, 4) is 6.01 Å². The number of carbonyl (C=O) groups is 1. The average molecular weight is 454 g/mol. The quantitative estimate of drug-likeness (QED) is 0.558. The Balaban J connectivity index is 1.49. The maximum absolute atomic E-state index is 12.4. The van der Waals surface area contributed by atoms with Gasteiger partial charge in [0.05, 0.1) is 13.2 Å². The standard InChI is InChI=1S/C24H35N7O2/c1-4-5-11-33-24-27-22(25)21-23(28-24)31(16-20(32)26-21)14-18-8-6-7-17(12-18)13-30-10-9-19(15-30)29(2)3/h6-8,12,19H,4-5,9-11,13-16H2,1-3H3,(H,26,32)(H2,25,27,28)/t19-/m1/s1. The molecule has 0 unspecified atom stereocenters. The zero-order chi connectivity index (χ0) is 23.4. The molecule has 0 bridgehead atoms. The number of likely N-dealkylation sites (N-methyl/N-ethyl adjacent to an activating group) is 1. The Bertz CT molecular complexity index is 981. The highest BCUT2D eigenvalue weighted by atomic mass is 16.5. The second-order valence-electron chi connectivity index (χ2n) is 9.16. The van der Waals surface area contributed by atoms with Crippen LogP contribution in [0.1, 0.15) is 37.3 Å². The van der Waals surface area contributed by atoms with E-state index in [1.165, 1.54) is 12.0 Å². The van der Waals surface area contributed by atoms with E-state index in [2.05, 4.69) is 70.4 Å². The fourth-order valence-corrected chi connectivity index (χ4v) is 4.41. The highest BCUT2D eigenvalue weighted by Crippen LogP contribution is 2.34. The first-order valence-electron chi connectivity index (χ1n) is 11.7. The number of amides is 1. The minimum absolute atomic E-state index is 0.125. The van der Waals surface area contributed by atoms with E-state index in [-0.39, 0.29) is 24.3 Å². The Hall–Kier alpha value is -2.91. The minimum Gasteiger partial charge on any atom is -0.463 e. The third kappa shape index (κ3) is 5.72. The molecule has 1 saturated heterocycles. The lowest BCUT2D eigenvalue weighted by Gasteiger charge is -2.30. The molecule has 2 aromatic rings. The van der Waals surface area contributed by atoms with Crippen LogP contribution in [-0.2, 0) is 17.9 Å². The summed E-state index contributed by atoms with van der Waals surface area (Å²) < 4.78 is 5.69. The highest BCUT2D eigenvalue weighted by molar-refractivity contribution is 6.03. The highest BCUT2D eigenvalue weighted by Gasteiger charge is 2.28. The van der Waals surface area contributed by atoms with Crippen LogP contribution in [0.4, 0.5) is 17.3 Å². The molecule has 0 saturated carbocycles. The first-order valence-corrected chi connectivity index (χ1v) is 11.7. The van der Waals surface area contributed by atoms with Crippen LogP contribution in [-0.4, -0.2) is 72.1 Å². The smallest absolute Gasteiger partial charge is 0.320 e. The lowest BCUT2D eigenvalue weighted by molar-refractivity contribution is -0.115. The van der Waals surface area contributed by atoms with Crippen LogP contribution >= 0.6 is 0 Å². The summed E-state index contributed by atoms with van der Waals surface area (Å²) in [6.45, 7) is 6.53. The Labute approximate surface area is 195 Å². The molecule has 178 valence electrons. The predicted molar refractivity (Wildman–Crippen MR) is 130 cm³/mol. The number of aromatic nitrogens is 2. The summed E-state index contributed by atoms with van der Waals surface area (Å²) in [6.07, 6.45) is 3.14. The molecule has 1 atom stereocenters. The molecule has 0 spiro atoms. The number of fused-ring (bicyclic) bond motifs is 1. The minimum atomic E-state index is -0.125. The van der Waals surface area contributed by atoms with Crippen LogP contribution in [0.3, 0.4) is 0 Å². The lowest BCUT2D eigenvalue weighted by atomic mass is 10.1. The molecule has 33 heavy (non-hydrogen) atoms. The number of nitrogen functional groups attached to an aromatic ring is 1. The van der Waals surface area contributed by atoms with E-state index >= 15 is 0 Å². The van der Waals surface area contributed by atoms with E-state index < -0.39 is 0 Å². The summed E-state index contributed by atoms with van der Waals surface area (Å²) in [5.74, 6) is 0.704. The molecule has 1 amide bonds. The number of benzene rings is 1. The molecule has 4 rings (SSSR count). The topological polar surface area (TPSA) is 99.8 Å². The van der Waals surface area contributed by atoms with Gasteiger partial charge in [0.25, 0.3) is 0 Å². The van der Waals surface area contributed by atoms with Crippen LogP contribution in [0, 0.1) is 0 Å². The molecule has 1 fully saturated rings. The monoisotopic (exact) mass is 453 g/mol. The van der Waals surface area contributed by atoms with Gasteiger partial charge in [-0.05, 0) is 38.1 Å². The van der Waals surface area contributed by atoms with Gasteiger partial charge in [0.2, 0.25) is 5.91 Å². The van der Waals surface area contributed by atoms with Crippen molar-refractivity contribution in [3.63, 3.8) is 0 Å². The van der Waals surface area contributed by atoms with Gasteiger partial charge >= 0.3 is 6.01 Å².